The molecule has 0 bridgehead atoms. The highest BCUT2D eigenvalue weighted by Gasteiger charge is 2.14. The van der Waals surface area contributed by atoms with Gasteiger partial charge in [0.25, 0.3) is 0 Å². The highest BCUT2D eigenvalue weighted by Crippen LogP contribution is 2.22. The van der Waals surface area contributed by atoms with Gasteiger partial charge in [0, 0.05) is 6.07 Å². The molecule has 0 atom stereocenters. The zero-order valence-electron chi connectivity index (χ0n) is 10.4. The molecule has 2 aromatic rings. The van der Waals surface area contributed by atoms with Crippen LogP contribution in [-0.4, -0.2) is 28.6 Å². The Morgan fingerprint density at radius 1 is 1.00 bits per heavy atom. The average molecular weight is 272 g/mol. The Bertz CT molecular complexity index is 634. The molecule has 0 amide bonds. The van der Waals surface area contributed by atoms with Crippen LogP contribution in [0.5, 0.6) is 11.5 Å². The number of esters is 1. The maximum atomic E-state index is 11.8. The molecular formula is C15H12O5. The Labute approximate surface area is 115 Å². The fourth-order valence-corrected chi connectivity index (χ4v) is 1.62. The minimum Gasteiger partial charge on any atom is -0.508 e. The van der Waals surface area contributed by atoms with E-state index in [9.17, 15) is 14.7 Å². The predicted molar refractivity (Wildman–Crippen MR) is 70.8 cm³/mol. The van der Waals surface area contributed by atoms with Crippen LogP contribution in [0.4, 0.5) is 0 Å². The first-order valence-electron chi connectivity index (χ1n) is 5.85. The molecule has 20 heavy (non-hydrogen) atoms. The number of benzene rings is 2. The molecule has 0 saturated heterocycles. The number of rotatable bonds is 4. The third-order valence-electron chi connectivity index (χ3n) is 2.63. The topological polar surface area (TPSA) is 83.8 Å². The van der Waals surface area contributed by atoms with E-state index in [0.717, 1.165) is 6.07 Å². The second-order valence-electron chi connectivity index (χ2n) is 4.07. The lowest BCUT2D eigenvalue weighted by Crippen LogP contribution is -2.14. The smallest absolute Gasteiger partial charge is 0.338 e. The number of phenols is 2. The van der Waals surface area contributed by atoms with Gasteiger partial charge < -0.3 is 14.9 Å². The third-order valence-corrected chi connectivity index (χ3v) is 2.63. The number of Topliss-reactive ketones (excluding diaryl/α,β-unsaturated/α-hetero) is 1. The number of carbonyl (C=O) groups is 2. The Kier molecular flexibility index (Phi) is 4.00. The van der Waals surface area contributed by atoms with Crippen molar-refractivity contribution in [2.45, 2.75) is 0 Å². The molecule has 0 spiro atoms. The summed E-state index contributed by atoms with van der Waals surface area (Å²) in [6, 6.07) is 11.9. The molecule has 0 saturated carbocycles. The van der Waals surface area contributed by atoms with Gasteiger partial charge in [0.05, 0.1) is 11.1 Å². The number of ketones is 1. The molecule has 2 N–H and O–H groups in total. The maximum Gasteiger partial charge on any atom is 0.338 e. The number of hydrogen-bond acceptors (Lipinski definition) is 5. The van der Waals surface area contributed by atoms with Crippen LogP contribution in [0.2, 0.25) is 0 Å². The van der Waals surface area contributed by atoms with E-state index in [1.807, 2.05) is 0 Å². The van der Waals surface area contributed by atoms with Crippen molar-refractivity contribution in [1.29, 1.82) is 0 Å². The molecule has 5 heteroatoms. The lowest BCUT2D eigenvalue weighted by molar-refractivity contribution is 0.0474. The van der Waals surface area contributed by atoms with Crippen LogP contribution < -0.4 is 0 Å². The molecule has 102 valence electrons. The van der Waals surface area contributed by atoms with E-state index in [2.05, 4.69) is 0 Å². The van der Waals surface area contributed by atoms with Crippen molar-refractivity contribution in [3.05, 3.63) is 59.7 Å². The van der Waals surface area contributed by atoms with Gasteiger partial charge in [0.1, 0.15) is 11.5 Å². The van der Waals surface area contributed by atoms with Crippen LogP contribution in [0, 0.1) is 0 Å². The van der Waals surface area contributed by atoms with E-state index in [-0.39, 0.29) is 17.1 Å². The Hall–Kier alpha value is -2.82. The SMILES string of the molecule is O=C(OCC(=O)c1ccc(O)cc1O)c1ccccc1. The first-order chi connectivity index (χ1) is 9.58. The van der Waals surface area contributed by atoms with Crippen LogP contribution >= 0.6 is 0 Å². The van der Waals surface area contributed by atoms with Crippen molar-refractivity contribution >= 4 is 11.8 Å². The van der Waals surface area contributed by atoms with Gasteiger partial charge in [-0.2, -0.15) is 0 Å². The summed E-state index contributed by atoms with van der Waals surface area (Å²) in [5.74, 6) is -1.67. The summed E-state index contributed by atoms with van der Waals surface area (Å²) >= 11 is 0. The number of carbonyl (C=O) groups excluding carboxylic acids is 2. The summed E-state index contributed by atoms with van der Waals surface area (Å²) in [5.41, 5.74) is 0.332. The Morgan fingerprint density at radius 3 is 2.35 bits per heavy atom. The number of aromatic hydroxyl groups is 2. The molecule has 2 aromatic carbocycles. The minimum atomic E-state index is -0.614. The quantitative estimate of drug-likeness (QED) is 0.658. The summed E-state index contributed by atoms with van der Waals surface area (Å²) in [5, 5.41) is 18.7. The van der Waals surface area contributed by atoms with Crippen LogP contribution in [0.3, 0.4) is 0 Å². The summed E-state index contributed by atoms with van der Waals surface area (Å²) in [6.45, 7) is -0.480. The fourth-order valence-electron chi connectivity index (χ4n) is 1.62. The molecule has 0 aliphatic rings. The highest BCUT2D eigenvalue weighted by molar-refractivity contribution is 6.01. The van der Waals surface area contributed by atoms with Gasteiger partial charge in [0.15, 0.2) is 6.61 Å². The van der Waals surface area contributed by atoms with Gasteiger partial charge in [-0.05, 0) is 24.3 Å². The average Bonchev–Trinajstić information content (AvgIpc) is 2.45. The molecule has 0 heterocycles. The molecule has 5 nitrogen and oxygen atoms in total. The molecule has 2 rings (SSSR count). The van der Waals surface area contributed by atoms with Crippen molar-refractivity contribution in [1.82, 2.24) is 0 Å². The van der Waals surface area contributed by atoms with Gasteiger partial charge >= 0.3 is 5.97 Å². The van der Waals surface area contributed by atoms with E-state index < -0.39 is 18.4 Å². The van der Waals surface area contributed by atoms with Crippen molar-refractivity contribution < 1.29 is 24.5 Å². The zero-order valence-corrected chi connectivity index (χ0v) is 10.4. The van der Waals surface area contributed by atoms with Crippen molar-refractivity contribution in [3.8, 4) is 11.5 Å². The molecule has 0 radical (unpaired) electrons. The van der Waals surface area contributed by atoms with Crippen molar-refractivity contribution in [2.75, 3.05) is 6.61 Å². The van der Waals surface area contributed by atoms with Crippen LogP contribution in [0.25, 0.3) is 0 Å². The normalized spacial score (nSPS) is 10.0. The molecular weight excluding hydrogens is 260 g/mol. The van der Waals surface area contributed by atoms with Crippen LogP contribution in [-0.2, 0) is 4.74 Å². The Balaban J connectivity index is 2.00. The van der Waals surface area contributed by atoms with Gasteiger partial charge in [-0.3, -0.25) is 4.79 Å². The molecule has 0 aromatic heterocycles. The predicted octanol–water partition coefficient (Wildman–Crippen LogP) is 2.14. The largest absolute Gasteiger partial charge is 0.508 e. The summed E-state index contributed by atoms with van der Waals surface area (Å²) in [7, 11) is 0. The molecule has 0 fully saturated rings. The van der Waals surface area contributed by atoms with Crippen LogP contribution in [0.1, 0.15) is 20.7 Å². The van der Waals surface area contributed by atoms with Gasteiger partial charge in [0.2, 0.25) is 5.78 Å². The lowest BCUT2D eigenvalue weighted by atomic mass is 10.1. The number of ether oxygens (including phenoxy) is 1. The molecule has 0 unspecified atom stereocenters. The Morgan fingerprint density at radius 2 is 1.70 bits per heavy atom. The number of hydrogen-bond donors (Lipinski definition) is 2. The van der Waals surface area contributed by atoms with Crippen molar-refractivity contribution in [3.63, 3.8) is 0 Å². The first kappa shape index (κ1) is 13.6. The molecule has 0 aliphatic carbocycles. The fraction of sp³-hybridized carbons (Fsp3) is 0.0667. The van der Waals surface area contributed by atoms with E-state index in [1.165, 1.54) is 12.1 Å². The lowest BCUT2D eigenvalue weighted by Gasteiger charge is -2.06. The van der Waals surface area contributed by atoms with Gasteiger partial charge in [-0.15, -0.1) is 0 Å². The number of phenolic OH excluding ortho intramolecular Hbond substituents is 2. The standard InChI is InChI=1S/C15H12O5/c16-11-6-7-12(13(17)8-11)14(18)9-20-15(19)10-4-2-1-3-5-10/h1-8,16-17H,9H2. The van der Waals surface area contributed by atoms with E-state index in [1.54, 1.807) is 30.3 Å². The van der Waals surface area contributed by atoms with Gasteiger partial charge in [-0.1, -0.05) is 18.2 Å². The van der Waals surface area contributed by atoms with E-state index in [0.29, 0.717) is 5.56 Å². The second-order valence-corrected chi connectivity index (χ2v) is 4.07. The van der Waals surface area contributed by atoms with E-state index in [4.69, 9.17) is 9.84 Å². The summed E-state index contributed by atoms with van der Waals surface area (Å²) < 4.78 is 4.87. The summed E-state index contributed by atoms with van der Waals surface area (Å²) in [6.07, 6.45) is 0. The molecule has 0 aliphatic heterocycles. The van der Waals surface area contributed by atoms with Crippen LogP contribution in [0.15, 0.2) is 48.5 Å². The monoisotopic (exact) mass is 272 g/mol. The third kappa shape index (κ3) is 3.14. The van der Waals surface area contributed by atoms with Crippen molar-refractivity contribution in [2.24, 2.45) is 0 Å². The summed E-state index contributed by atoms with van der Waals surface area (Å²) in [4.78, 5) is 23.4. The zero-order chi connectivity index (χ0) is 14.5. The van der Waals surface area contributed by atoms with E-state index >= 15 is 0 Å². The first-order valence-corrected chi connectivity index (χ1v) is 5.85. The highest BCUT2D eigenvalue weighted by atomic mass is 16.5. The second kappa shape index (κ2) is 5.88. The maximum absolute atomic E-state index is 11.8. The van der Waals surface area contributed by atoms with Gasteiger partial charge in [-0.25, -0.2) is 4.79 Å². The minimum absolute atomic E-state index is 0.0105.